The Morgan fingerprint density at radius 2 is 2.33 bits per heavy atom. The molecule has 0 amide bonds. The molecule has 1 aromatic heterocycles. The van der Waals surface area contributed by atoms with Crippen LogP contribution >= 0.6 is 0 Å². The zero-order valence-electron chi connectivity index (χ0n) is 12.1. The number of nitrogens with two attached hydrogens (primary N) is 1. The summed E-state index contributed by atoms with van der Waals surface area (Å²) in [6.07, 6.45) is 4.78. The second-order valence-corrected chi connectivity index (χ2v) is 7.29. The zero-order valence-corrected chi connectivity index (χ0v) is 12.9. The molecule has 0 aromatic carbocycles. The number of hydrogen-bond donors (Lipinski definition) is 1. The maximum absolute atomic E-state index is 11.5. The fraction of sp³-hybridized carbons (Fsp3) is 0.769. The lowest BCUT2D eigenvalue weighted by molar-refractivity contribution is -0.0951. The van der Waals surface area contributed by atoms with E-state index in [-0.39, 0.29) is 16.7 Å². The van der Waals surface area contributed by atoms with Gasteiger partial charge in [0.2, 0.25) is 0 Å². The van der Waals surface area contributed by atoms with Gasteiger partial charge in [0.15, 0.2) is 5.03 Å². The van der Waals surface area contributed by atoms with Crippen LogP contribution in [0, 0.1) is 0 Å². The first-order valence-electron chi connectivity index (χ1n) is 7.26. The third-order valence-electron chi connectivity index (χ3n) is 4.32. The van der Waals surface area contributed by atoms with E-state index in [1.165, 1.54) is 0 Å². The Balaban J connectivity index is 1.90. The van der Waals surface area contributed by atoms with Gasteiger partial charge >= 0.3 is 0 Å². The fourth-order valence-corrected chi connectivity index (χ4v) is 3.72. The van der Waals surface area contributed by atoms with E-state index in [2.05, 4.69) is 4.98 Å². The van der Waals surface area contributed by atoms with Crippen molar-refractivity contribution in [1.29, 1.82) is 0 Å². The average Bonchev–Trinajstić information content (AvgIpc) is 3.05. The third kappa shape index (κ3) is 2.85. The predicted molar refractivity (Wildman–Crippen MR) is 75.4 cm³/mol. The van der Waals surface area contributed by atoms with Crippen molar-refractivity contribution in [3.05, 3.63) is 12.0 Å². The highest BCUT2D eigenvalue weighted by atomic mass is 32.2. The number of ether oxygens (including phenoxy) is 2. The summed E-state index contributed by atoms with van der Waals surface area (Å²) < 4.78 is 36.4. The quantitative estimate of drug-likeness (QED) is 0.881. The highest BCUT2D eigenvalue weighted by Gasteiger charge is 2.42. The van der Waals surface area contributed by atoms with E-state index < -0.39 is 10.0 Å². The van der Waals surface area contributed by atoms with Gasteiger partial charge in [0.1, 0.15) is 5.82 Å². The first kappa shape index (κ1) is 15.0. The Labute approximate surface area is 124 Å². The van der Waals surface area contributed by atoms with Crippen molar-refractivity contribution in [2.45, 2.75) is 49.3 Å². The van der Waals surface area contributed by atoms with Crippen molar-refractivity contribution in [2.75, 3.05) is 19.8 Å². The molecule has 0 aliphatic carbocycles. The molecular weight excluding hydrogens is 294 g/mol. The summed E-state index contributed by atoms with van der Waals surface area (Å²) >= 11 is 0. The predicted octanol–water partition coefficient (Wildman–Crippen LogP) is 0.603. The molecule has 2 N–H and O–H groups in total. The minimum Gasteiger partial charge on any atom is -0.378 e. The zero-order chi connectivity index (χ0) is 15.1. The van der Waals surface area contributed by atoms with Gasteiger partial charge in [-0.25, -0.2) is 18.5 Å². The molecule has 3 rings (SSSR count). The Morgan fingerprint density at radius 3 is 2.95 bits per heavy atom. The van der Waals surface area contributed by atoms with Crippen molar-refractivity contribution in [2.24, 2.45) is 5.14 Å². The second-order valence-electron chi connectivity index (χ2n) is 5.78. The van der Waals surface area contributed by atoms with E-state index in [0.29, 0.717) is 19.6 Å². The van der Waals surface area contributed by atoms with Crippen molar-refractivity contribution >= 4 is 10.0 Å². The molecule has 0 bridgehead atoms. The lowest BCUT2D eigenvalue weighted by Gasteiger charge is -2.38. The Bertz CT molecular complexity index is 619. The second kappa shape index (κ2) is 5.35. The van der Waals surface area contributed by atoms with E-state index in [1.54, 1.807) is 6.20 Å². The van der Waals surface area contributed by atoms with Gasteiger partial charge in [-0.1, -0.05) is 6.92 Å². The van der Waals surface area contributed by atoms with Crippen LogP contribution in [0.25, 0.3) is 0 Å². The number of primary sulfonamides is 1. The average molecular weight is 315 g/mol. The van der Waals surface area contributed by atoms with Crippen molar-refractivity contribution in [3.8, 4) is 0 Å². The molecule has 118 valence electrons. The summed E-state index contributed by atoms with van der Waals surface area (Å²) in [6.45, 7) is 3.95. The van der Waals surface area contributed by atoms with Gasteiger partial charge in [0.05, 0.1) is 12.2 Å². The summed E-state index contributed by atoms with van der Waals surface area (Å²) in [5, 5.41) is 5.14. The summed E-state index contributed by atoms with van der Waals surface area (Å²) in [4.78, 5) is 4.17. The first-order chi connectivity index (χ1) is 9.93. The van der Waals surface area contributed by atoms with Crippen LogP contribution in [0.2, 0.25) is 0 Å². The molecule has 21 heavy (non-hydrogen) atoms. The topological polar surface area (TPSA) is 96.4 Å². The number of rotatable bonds is 3. The van der Waals surface area contributed by atoms with E-state index in [1.807, 2.05) is 11.5 Å². The molecule has 2 unspecified atom stereocenters. The van der Waals surface area contributed by atoms with Crippen LogP contribution in [0.3, 0.4) is 0 Å². The first-order valence-corrected chi connectivity index (χ1v) is 8.80. The minimum atomic E-state index is -3.77. The lowest BCUT2D eigenvalue weighted by Crippen LogP contribution is -2.41. The molecule has 2 fully saturated rings. The summed E-state index contributed by atoms with van der Waals surface area (Å²) in [7, 11) is -3.77. The minimum absolute atomic E-state index is 0.0532. The summed E-state index contributed by atoms with van der Waals surface area (Å²) in [6, 6.07) is 0.179. The third-order valence-corrected chi connectivity index (χ3v) is 5.10. The molecule has 7 nitrogen and oxygen atoms in total. The van der Waals surface area contributed by atoms with E-state index in [4.69, 9.17) is 14.6 Å². The smallest absolute Gasteiger partial charge is 0.257 e. The van der Waals surface area contributed by atoms with Gasteiger partial charge in [-0.2, -0.15) is 0 Å². The van der Waals surface area contributed by atoms with Crippen LogP contribution in [0.1, 0.15) is 38.1 Å². The Morgan fingerprint density at radius 1 is 1.52 bits per heavy atom. The molecular formula is C13H21N3O4S. The van der Waals surface area contributed by atoms with Crippen molar-refractivity contribution in [1.82, 2.24) is 9.55 Å². The van der Waals surface area contributed by atoms with Gasteiger partial charge in [0, 0.05) is 38.3 Å². The maximum Gasteiger partial charge on any atom is 0.257 e. The van der Waals surface area contributed by atoms with Crippen LogP contribution in [-0.4, -0.2) is 43.4 Å². The van der Waals surface area contributed by atoms with Crippen LogP contribution < -0.4 is 5.14 Å². The van der Waals surface area contributed by atoms with Gasteiger partial charge < -0.3 is 14.0 Å². The van der Waals surface area contributed by atoms with Gasteiger partial charge in [-0.3, -0.25) is 0 Å². The number of hydrogen-bond acceptors (Lipinski definition) is 5. The molecule has 2 atom stereocenters. The summed E-state index contributed by atoms with van der Waals surface area (Å²) in [5.41, 5.74) is -0.222. The molecule has 1 aromatic rings. The normalized spacial score (nSPS) is 30.1. The SMILES string of the molecule is CCc1nc(S(N)(=O)=O)cn1C1CCOC2(CCOC2)C1. The molecule has 1 spiro atoms. The monoisotopic (exact) mass is 315 g/mol. The highest BCUT2D eigenvalue weighted by molar-refractivity contribution is 7.89. The molecule has 8 heteroatoms. The largest absolute Gasteiger partial charge is 0.378 e. The standard InChI is InChI=1S/C13H21N3O4S/c1-2-11-15-12(21(14,17)18)8-16(11)10-3-5-20-13(7-10)4-6-19-9-13/h8,10H,2-7,9H2,1H3,(H2,14,17,18). The number of imidazole rings is 1. The Hall–Kier alpha value is -0.960. The van der Waals surface area contributed by atoms with Gasteiger partial charge in [-0.15, -0.1) is 0 Å². The molecule has 2 saturated heterocycles. The molecule has 3 heterocycles. The number of aromatic nitrogens is 2. The highest BCUT2D eigenvalue weighted by Crippen LogP contribution is 2.38. The van der Waals surface area contributed by atoms with Gasteiger partial charge in [0.25, 0.3) is 10.0 Å². The molecule has 2 aliphatic rings. The lowest BCUT2D eigenvalue weighted by atomic mass is 9.89. The molecule has 2 aliphatic heterocycles. The van der Waals surface area contributed by atoms with Gasteiger partial charge in [-0.05, 0) is 12.8 Å². The molecule has 0 saturated carbocycles. The van der Waals surface area contributed by atoms with Crippen LogP contribution in [0.4, 0.5) is 0 Å². The fourth-order valence-electron chi connectivity index (χ4n) is 3.22. The van der Waals surface area contributed by atoms with Crippen molar-refractivity contribution < 1.29 is 17.9 Å². The van der Waals surface area contributed by atoms with Crippen molar-refractivity contribution in [3.63, 3.8) is 0 Å². The van der Waals surface area contributed by atoms with Crippen LogP contribution in [-0.2, 0) is 25.9 Å². The van der Waals surface area contributed by atoms with Crippen LogP contribution in [0.5, 0.6) is 0 Å². The van der Waals surface area contributed by atoms with E-state index >= 15 is 0 Å². The summed E-state index contributed by atoms with van der Waals surface area (Å²) in [5.74, 6) is 0.750. The van der Waals surface area contributed by atoms with Crippen LogP contribution in [0.15, 0.2) is 11.2 Å². The number of nitrogens with zero attached hydrogens (tertiary/aromatic N) is 2. The Kier molecular flexibility index (Phi) is 3.81. The van der Waals surface area contributed by atoms with E-state index in [0.717, 1.165) is 31.7 Å². The van der Waals surface area contributed by atoms with E-state index in [9.17, 15) is 8.42 Å². The maximum atomic E-state index is 11.5. The number of aryl methyl sites for hydroxylation is 1. The number of sulfonamides is 1. The molecule has 0 radical (unpaired) electrons.